The Labute approximate surface area is 256 Å². The summed E-state index contributed by atoms with van der Waals surface area (Å²) >= 11 is 0. The SMILES string of the molecule is CCCCCCCCCOC(=O)C1CCCCC1C(=O)OC(=O)c1cccc(C(=O)O)c1.O=C(O)c1cccc(C(=O)O)c1. The summed E-state index contributed by atoms with van der Waals surface area (Å²) < 4.78 is 10.4. The summed E-state index contributed by atoms with van der Waals surface area (Å²) in [6.45, 7) is 2.52. The van der Waals surface area contributed by atoms with Gasteiger partial charge in [-0.05, 0) is 55.7 Å². The molecule has 1 saturated carbocycles. The van der Waals surface area contributed by atoms with Crippen molar-refractivity contribution in [2.24, 2.45) is 11.8 Å². The Hall–Kier alpha value is -4.54. The molecule has 238 valence electrons. The molecule has 3 N–H and O–H groups in total. The average Bonchev–Trinajstić information content (AvgIpc) is 3.02. The van der Waals surface area contributed by atoms with Gasteiger partial charge in [-0.3, -0.25) is 9.59 Å². The number of ether oxygens (including phenoxy) is 2. The highest BCUT2D eigenvalue weighted by molar-refractivity contribution is 6.00. The monoisotopic (exact) mass is 612 g/mol. The lowest BCUT2D eigenvalue weighted by atomic mass is 9.79. The van der Waals surface area contributed by atoms with Crippen LogP contribution in [0.25, 0.3) is 0 Å². The van der Waals surface area contributed by atoms with Crippen molar-refractivity contribution in [1.29, 1.82) is 0 Å². The third kappa shape index (κ3) is 12.0. The molecule has 0 bridgehead atoms. The number of carbonyl (C=O) groups is 6. The lowest BCUT2D eigenvalue weighted by Crippen LogP contribution is -2.36. The number of benzene rings is 2. The van der Waals surface area contributed by atoms with E-state index in [1.54, 1.807) is 0 Å². The zero-order valence-corrected chi connectivity index (χ0v) is 24.9. The summed E-state index contributed by atoms with van der Waals surface area (Å²) in [6, 6.07) is 10.5. The minimum absolute atomic E-state index is 0.0186. The van der Waals surface area contributed by atoms with E-state index in [0.717, 1.165) is 44.2 Å². The normalized spacial score (nSPS) is 15.7. The van der Waals surface area contributed by atoms with Crippen LogP contribution in [0.1, 0.15) is 119 Å². The van der Waals surface area contributed by atoms with Crippen molar-refractivity contribution in [3.8, 4) is 0 Å². The van der Waals surface area contributed by atoms with Gasteiger partial charge >= 0.3 is 35.8 Å². The summed E-state index contributed by atoms with van der Waals surface area (Å²) in [4.78, 5) is 69.4. The molecule has 0 amide bonds. The molecule has 44 heavy (non-hydrogen) atoms. The van der Waals surface area contributed by atoms with Crippen LogP contribution < -0.4 is 0 Å². The van der Waals surface area contributed by atoms with Crippen LogP contribution in [0.5, 0.6) is 0 Å². The van der Waals surface area contributed by atoms with Gasteiger partial charge in [0.2, 0.25) is 0 Å². The highest BCUT2D eigenvalue weighted by atomic mass is 16.6. The minimum atomic E-state index is -1.18. The molecule has 3 rings (SSSR count). The van der Waals surface area contributed by atoms with Crippen molar-refractivity contribution in [2.45, 2.75) is 77.6 Å². The molecule has 0 saturated heterocycles. The number of hydrogen-bond donors (Lipinski definition) is 3. The van der Waals surface area contributed by atoms with E-state index in [9.17, 15) is 28.8 Å². The second kappa shape index (κ2) is 18.9. The lowest BCUT2D eigenvalue weighted by molar-refractivity contribution is -0.160. The molecule has 0 heterocycles. The Morgan fingerprint density at radius 2 is 1.07 bits per heavy atom. The van der Waals surface area contributed by atoms with E-state index >= 15 is 0 Å². The van der Waals surface area contributed by atoms with E-state index in [2.05, 4.69) is 6.92 Å². The minimum Gasteiger partial charge on any atom is -0.478 e. The second-order valence-corrected chi connectivity index (χ2v) is 10.6. The molecule has 0 spiro atoms. The van der Waals surface area contributed by atoms with Crippen LogP contribution >= 0.6 is 0 Å². The van der Waals surface area contributed by atoms with Crippen molar-refractivity contribution in [1.82, 2.24) is 0 Å². The van der Waals surface area contributed by atoms with Gasteiger partial charge in [-0.15, -0.1) is 0 Å². The number of carbonyl (C=O) groups excluding carboxylic acids is 3. The molecule has 1 aliphatic carbocycles. The van der Waals surface area contributed by atoms with Gasteiger partial charge in [0.1, 0.15) is 0 Å². The summed E-state index contributed by atoms with van der Waals surface area (Å²) in [5.41, 5.74) is -0.131. The fourth-order valence-corrected chi connectivity index (χ4v) is 4.82. The van der Waals surface area contributed by atoms with Crippen molar-refractivity contribution in [3.63, 3.8) is 0 Å². The Bertz CT molecular complexity index is 1270. The zero-order chi connectivity index (χ0) is 32.5. The van der Waals surface area contributed by atoms with Crippen LogP contribution in [0.15, 0.2) is 48.5 Å². The molecule has 11 nitrogen and oxygen atoms in total. The Morgan fingerprint density at radius 3 is 1.57 bits per heavy atom. The number of hydrogen-bond acceptors (Lipinski definition) is 8. The first-order valence-electron chi connectivity index (χ1n) is 14.9. The fraction of sp³-hybridized carbons (Fsp3) is 0.455. The van der Waals surface area contributed by atoms with Crippen LogP contribution in [0.4, 0.5) is 0 Å². The quantitative estimate of drug-likeness (QED) is 0.125. The van der Waals surface area contributed by atoms with Gasteiger partial charge in [0, 0.05) is 0 Å². The molecule has 1 fully saturated rings. The summed E-state index contributed by atoms with van der Waals surface area (Å²) in [6.07, 6.45) is 10.4. The van der Waals surface area contributed by atoms with Gasteiger partial charge in [-0.1, -0.05) is 70.4 Å². The van der Waals surface area contributed by atoms with E-state index in [1.165, 1.54) is 62.1 Å². The molecule has 0 aromatic heterocycles. The predicted octanol–water partition coefficient (Wildman–Crippen LogP) is 6.25. The molecule has 1 aliphatic rings. The molecule has 11 heteroatoms. The first-order chi connectivity index (χ1) is 21.0. The summed E-state index contributed by atoms with van der Waals surface area (Å²) in [7, 11) is 0. The predicted molar refractivity (Wildman–Crippen MR) is 159 cm³/mol. The topological polar surface area (TPSA) is 182 Å². The molecule has 2 unspecified atom stereocenters. The number of carboxylic acid groups (broad SMARTS) is 3. The number of unbranched alkanes of at least 4 members (excludes halogenated alkanes) is 6. The maximum absolute atomic E-state index is 12.6. The van der Waals surface area contributed by atoms with Gasteiger partial charge in [-0.2, -0.15) is 0 Å². The number of carboxylic acids is 3. The summed E-state index contributed by atoms with van der Waals surface area (Å²) in [5, 5.41) is 26.1. The molecule has 2 atom stereocenters. The van der Waals surface area contributed by atoms with Crippen molar-refractivity contribution < 1.29 is 53.6 Å². The van der Waals surface area contributed by atoms with Crippen LogP contribution in [0.2, 0.25) is 0 Å². The van der Waals surface area contributed by atoms with Crippen LogP contribution in [-0.4, -0.2) is 57.7 Å². The van der Waals surface area contributed by atoms with Gasteiger partial charge < -0.3 is 24.8 Å². The van der Waals surface area contributed by atoms with Crippen molar-refractivity contribution in [2.75, 3.05) is 6.61 Å². The average molecular weight is 613 g/mol. The first-order valence-corrected chi connectivity index (χ1v) is 14.9. The standard InChI is InChI=1S/C25H34O7.C8H6O4/c1-2-3-4-5-6-7-10-16-31-24(29)20-14-8-9-15-21(20)25(30)32-23(28)19-13-11-12-18(17-19)22(26)27;9-7(10)5-2-1-3-6(4-5)8(11)12/h11-13,17,20-21H,2-10,14-16H2,1H3,(H,26,27);1-4H,(H,9,10)(H,11,12). The third-order valence-electron chi connectivity index (χ3n) is 7.26. The molecule has 0 aliphatic heterocycles. The first kappa shape index (κ1) is 35.7. The van der Waals surface area contributed by atoms with Gasteiger partial charge in [0.05, 0.1) is 40.7 Å². The second-order valence-electron chi connectivity index (χ2n) is 10.6. The van der Waals surface area contributed by atoms with E-state index in [1.807, 2.05) is 0 Å². The number of esters is 3. The number of aromatic carboxylic acids is 3. The molecule has 0 radical (unpaired) electrons. The lowest BCUT2D eigenvalue weighted by Gasteiger charge is -2.27. The van der Waals surface area contributed by atoms with Gasteiger partial charge in [0.15, 0.2) is 0 Å². The Balaban J connectivity index is 0.000000469. The largest absolute Gasteiger partial charge is 0.478 e. The molecule has 2 aromatic carbocycles. The van der Waals surface area contributed by atoms with E-state index in [4.69, 9.17) is 24.8 Å². The maximum atomic E-state index is 12.6. The third-order valence-corrected chi connectivity index (χ3v) is 7.26. The molecular formula is C33H40O11. The van der Waals surface area contributed by atoms with Gasteiger partial charge in [0.25, 0.3) is 0 Å². The molecule has 2 aromatic rings. The van der Waals surface area contributed by atoms with Crippen LogP contribution in [-0.2, 0) is 19.1 Å². The van der Waals surface area contributed by atoms with E-state index in [0.29, 0.717) is 19.4 Å². The fourth-order valence-electron chi connectivity index (χ4n) is 4.82. The Kier molecular flexibility index (Phi) is 15.3. The molecular weight excluding hydrogens is 572 g/mol. The Morgan fingerprint density at radius 1 is 0.636 bits per heavy atom. The van der Waals surface area contributed by atoms with E-state index < -0.39 is 47.7 Å². The summed E-state index contributed by atoms with van der Waals surface area (Å²) in [5.74, 6) is -6.85. The van der Waals surface area contributed by atoms with Crippen LogP contribution in [0.3, 0.4) is 0 Å². The number of rotatable bonds is 14. The van der Waals surface area contributed by atoms with Crippen molar-refractivity contribution >= 4 is 35.8 Å². The highest BCUT2D eigenvalue weighted by Gasteiger charge is 2.38. The smallest absolute Gasteiger partial charge is 0.345 e. The highest BCUT2D eigenvalue weighted by Crippen LogP contribution is 2.32. The van der Waals surface area contributed by atoms with Crippen LogP contribution in [0, 0.1) is 11.8 Å². The zero-order valence-electron chi connectivity index (χ0n) is 24.9. The van der Waals surface area contributed by atoms with Crippen molar-refractivity contribution in [3.05, 3.63) is 70.8 Å². The van der Waals surface area contributed by atoms with Gasteiger partial charge in [-0.25, -0.2) is 19.2 Å². The maximum Gasteiger partial charge on any atom is 0.345 e. The van der Waals surface area contributed by atoms with E-state index in [-0.39, 0.29) is 22.3 Å².